The quantitative estimate of drug-likeness (QED) is 0.414. The van der Waals surface area contributed by atoms with Gasteiger partial charge in [0.2, 0.25) is 0 Å². The van der Waals surface area contributed by atoms with E-state index in [1.165, 1.54) is 5.56 Å². The molecule has 1 aromatic heterocycles. The van der Waals surface area contributed by atoms with Crippen LogP contribution in [0.1, 0.15) is 30.9 Å². The lowest BCUT2D eigenvalue weighted by Gasteiger charge is -2.14. The van der Waals surface area contributed by atoms with Gasteiger partial charge in [-0.3, -0.25) is 4.72 Å². The molecule has 3 aromatic carbocycles. The average Bonchev–Trinajstić information content (AvgIpc) is 2.74. The van der Waals surface area contributed by atoms with Crippen LogP contribution < -0.4 is 10.0 Å². The third-order valence-corrected chi connectivity index (χ3v) is 6.33. The molecule has 0 aliphatic heterocycles. The van der Waals surface area contributed by atoms with Crippen molar-refractivity contribution < 1.29 is 8.42 Å². The molecule has 0 radical (unpaired) electrons. The van der Waals surface area contributed by atoms with E-state index in [2.05, 4.69) is 33.9 Å². The molecule has 0 atom stereocenters. The summed E-state index contributed by atoms with van der Waals surface area (Å²) in [6.07, 6.45) is 0. The van der Waals surface area contributed by atoms with E-state index in [0.717, 1.165) is 11.3 Å². The first kappa shape index (κ1) is 20.8. The fourth-order valence-corrected chi connectivity index (χ4v) is 4.16. The van der Waals surface area contributed by atoms with Crippen LogP contribution in [0.2, 0.25) is 0 Å². The molecule has 0 saturated heterocycles. The summed E-state index contributed by atoms with van der Waals surface area (Å²) in [4.78, 5) is 9.32. The lowest BCUT2D eigenvalue weighted by atomic mass is 10.0. The molecule has 31 heavy (non-hydrogen) atoms. The monoisotopic (exact) mass is 432 g/mol. The molecule has 0 spiro atoms. The van der Waals surface area contributed by atoms with Gasteiger partial charge in [0, 0.05) is 5.69 Å². The van der Waals surface area contributed by atoms with Crippen molar-refractivity contribution in [2.24, 2.45) is 0 Å². The van der Waals surface area contributed by atoms with Gasteiger partial charge in [-0.1, -0.05) is 55.8 Å². The number of hydrogen-bond donors (Lipinski definition) is 2. The molecule has 6 nitrogen and oxygen atoms in total. The van der Waals surface area contributed by atoms with Crippen molar-refractivity contribution in [2.45, 2.75) is 31.6 Å². The number of aryl methyl sites for hydroxylation is 1. The SMILES string of the molecule is Cc1ccc(S(=O)(=O)Nc2nc3ccccc3nc2Nc2ccc(C(C)C)cc2)cc1. The second kappa shape index (κ2) is 8.35. The number of hydrogen-bond acceptors (Lipinski definition) is 5. The molecule has 0 amide bonds. The maximum absolute atomic E-state index is 13.0. The van der Waals surface area contributed by atoms with Crippen LogP contribution in [0.3, 0.4) is 0 Å². The molecule has 0 fully saturated rings. The second-order valence-electron chi connectivity index (χ2n) is 7.73. The molecule has 0 saturated carbocycles. The Bertz CT molecular complexity index is 1320. The first-order valence-electron chi connectivity index (χ1n) is 10.0. The van der Waals surface area contributed by atoms with Gasteiger partial charge in [-0.05, 0) is 54.8 Å². The van der Waals surface area contributed by atoms with E-state index in [1.807, 2.05) is 49.4 Å². The summed E-state index contributed by atoms with van der Waals surface area (Å²) in [6.45, 7) is 6.18. The number of nitrogens with zero attached hydrogens (tertiary/aromatic N) is 2. The molecular weight excluding hydrogens is 408 g/mol. The highest BCUT2D eigenvalue weighted by molar-refractivity contribution is 7.92. The Hall–Kier alpha value is -3.45. The Morgan fingerprint density at radius 3 is 1.94 bits per heavy atom. The van der Waals surface area contributed by atoms with Crippen LogP contribution in [-0.4, -0.2) is 18.4 Å². The fourth-order valence-electron chi connectivity index (χ4n) is 3.15. The highest BCUT2D eigenvalue weighted by atomic mass is 32.2. The van der Waals surface area contributed by atoms with Gasteiger partial charge in [0.25, 0.3) is 10.0 Å². The second-order valence-corrected chi connectivity index (χ2v) is 9.41. The van der Waals surface area contributed by atoms with Crippen molar-refractivity contribution in [2.75, 3.05) is 10.0 Å². The van der Waals surface area contributed by atoms with Gasteiger partial charge in [0.1, 0.15) is 0 Å². The standard InChI is InChI=1S/C24H24N4O2S/c1-16(2)18-10-12-19(13-11-18)25-23-24(27-22-7-5-4-6-21(22)26-23)28-31(29,30)20-14-8-17(3)9-15-20/h4-16H,1-3H3,(H,25,26)(H,27,28). The molecule has 4 aromatic rings. The van der Waals surface area contributed by atoms with Crippen LogP contribution in [0, 0.1) is 6.92 Å². The van der Waals surface area contributed by atoms with Gasteiger partial charge >= 0.3 is 0 Å². The van der Waals surface area contributed by atoms with Crippen LogP contribution in [0.15, 0.2) is 77.7 Å². The van der Waals surface area contributed by atoms with Crippen molar-refractivity contribution in [3.05, 3.63) is 83.9 Å². The summed E-state index contributed by atoms with van der Waals surface area (Å²) in [6, 6.07) is 22.0. The van der Waals surface area contributed by atoms with E-state index in [4.69, 9.17) is 0 Å². The van der Waals surface area contributed by atoms with Crippen LogP contribution >= 0.6 is 0 Å². The van der Waals surface area contributed by atoms with Gasteiger partial charge in [-0.15, -0.1) is 0 Å². The summed E-state index contributed by atoms with van der Waals surface area (Å²) < 4.78 is 28.5. The normalized spacial score (nSPS) is 11.6. The number of nitrogens with one attached hydrogen (secondary N) is 2. The van der Waals surface area contributed by atoms with Gasteiger partial charge in [-0.2, -0.15) is 0 Å². The Morgan fingerprint density at radius 1 is 0.774 bits per heavy atom. The lowest BCUT2D eigenvalue weighted by molar-refractivity contribution is 0.601. The Kier molecular flexibility index (Phi) is 5.61. The van der Waals surface area contributed by atoms with Crippen LogP contribution in [0.5, 0.6) is 0 Å². The molecule has 2 N–H and O–H groups in total. The topological polar surface area (TPSA) is 84.0 Å². The lowest BCUT2D eigenvalue weighted by Crippen LogP contribution is -2.16. The average molecular weight is 433 g/mol. The molecule has 0 bridgehead atoms. The number of para-hydroxylation sites is 2. The minimum Gasteiger partial charge on any atom is -0.337 e. The van der Waals surface area contributed by atoms with Crippen molar-refractivity contribution in [3.8, 4) is 0 Å². The van der Waals surface area contributed by atoms with E-state index >= 15 is 0 Å². The Balaban J connectivity index is 1.73. The zero-order valence-corrected chi connectivity index (χ0v) is 18.4. The Morgan fingerprint density at radius 2 is 1.35 bits per heavy atom. The highest BCUT2D eigenvalue weighted by Gasteiger charge is 2.19. The van der Waals surface area contributed by atoms with E-state index < -0.39 is 10.0 Å². The molecule has 0 aliphatic carbocycles. The zero-order valence-electron chi connectivity index (χ0n) is 17.6. The van der Waals surface area contributed by atoms with Gasteiger partial charge in [0.05, 0.1) is 15.9 Å². The number of benzene rings is 3. The number of rotatable bonds is 6. The summed E-state index contributed by atoms with van der Waals surface area (Å²) >= 11 is 0. The van der Waals surface area contributed by atoms with Crippen molar-refractivity contribution in [1.82, 2.24) is 9.97 Å². The smallest absolute Gasteiger partial charge is 0.263 e. The van der Waals surface area contributed by atoms with Crippen LogP contribution in [-0.2, 0) is 10.0 Å². The molecule has 4 rings (SSSR count). The maximum atomic E-state index is 13.0. The molecule has 1 heterocycles. The predicted molar refractivity (Wildman–Crippen MR) is 125 cm³/mol. The number of sulfonamides is 1. The van der Waals surface area contributed by atoms with Crippen LogP contribution in [0.25, 0.3) is 11.0 Å². The third kappa shape index (κ3) is 4.67. The molecule has 0 unspecified atom stereocenters. The third-order valence-electron chi connectivity index (χ3n) is 4.97. The number of anilines is 3. The zero-order chi connectivity index (χ0) is 22.0. The summed E-state index contributed by atoms with van der Waals surface area (Å²) in [5, 5.41) is 3.21. The van der Waals surface area contributed by atoms with E-state index in [0.29, 0.717) is 22.8 Å². The van der Waals surface area contributed by atoms with E-state index in [1.54, 1.807) is 30.3 Å². The first-order chi connectivity index (χ1) is 14.8. The van der Waals surface area contributed by atoms with Crippen molar-refractivity contribution >= 4 is 38.4 Å². The predicted octanol–water partition coefficient (Wildman–Crippen LogP) is 5.61. The number of aromatic nitrogens is 2. The van der Waals surface area contributed by atoms with Gasteiger partial charge in [-0.25, -0.2) is 18.4 Å². The van der Waals surface area contributed by atoms with Crippen LogP contribution in [0.4, 0.5) is 17.3 Å². The summed E-state index contributed by atoms with van der Waals surface area (Å²) in [7, 11) is -3.82. The number of fused-ring (bicyclic) bond motifs is 1. The van der Waals surface area contributed by atoms with Crippen molar-refractivity contribution in [1.29, 1.82) is 0 Å². The van der Waals surface area contributed by atoms with E-state index in [9.17, 15) is 8.42 Å². The minimum absolute atomic E-state index is 0.146. The van der Waals surface area contributed by atoms with Gasteiger partial charge in [0.15, 0.2) is 11.6 Å². The molecular formula is C24H24N4O2S. The van der Waals surface area contributed by atoms with Crippen molar-refractivity contribution in [3.63, 3.8) is 0 Å². The van der Waals surface area contributed by atoms with Gasteiger partial charge < -0.3 is 5.32 Å². The summed E-state index contributed by atoms with van der Waals surface area (Å²) in [5.41, 5.74) is 4.27. The highest BCUT2D eigenvalue weighted by Crippen LogP contribution is 2.28. The largest absolute Gasteiger partial charge is 0.337 e. The Labute approximate surface area is 182 Å². The summed E-state index contributed by atoms with van der Waals surface area (Å²) in [5.74, 6) is 0.908. The minimum atomic E-state index is -3.82. The van der Waals surface area contributed by atoms with E-state index in [-0.39, 0.29) is 10.7 Å². The molecule has 158 valence electrons. The maximum Gasteiger partial charge on any atom is 0.263 e. The molecule has 7 heteroatoms. The molecule has 0 aliphatic rings. The fraction of sp³-hybridized carbons (Fsp3) is 0.167. The first-order valence-corrected chi connectivity index (χ1v) is 11.5.